The molecule has 0 saturated carbocycles. The highest BCUT2D eigenvalue weighted by atomic mass is 32.2. The number of carbonyl (C=O) groups excluding carboxylic acids is 1. The van der Waals surface area contributed by atoms with E-state index in [0.29, 0.717) is 6.54 Å². The van der Waals surface area contributed by atoms with Crippen LogP contribution in [0.25, 0.3) is 0 Å². The minimum absolute atomic E-state index is 0.166. The summed E-state index contributed by atoms with van der Waals surface area (Å²) >= 11 is 1.46. The van der Waals surface area contributed by atoms with Gasteiger partial charge in [-0.2, -0.15) is 5.10 Å². The number of hydrogen-bond acceptors (Lipinski definition) is 4. The minimum atomic E-state index is -0.458. The van der Waals surface area contributed by atoms with Crippen LogP contribution in [0.1, 0.15) is 30.0 Å². The number of aromatic nitrogens is 2. The second-order valence-electron chi connectivity index (χ2n) is 9.12. The lowest BCUT2D eigenvalue weighted by atomic mass is 9.74. The van der Waals surface area contributed by atoms with Gasteiger partial charge in [-0.15, -0.1) is 0 Å². The van der Waals surface area contributed by atoms with Gasteiger partial charge in [0.25, 0.3) is 0 Å². The highest BCUT2D eigenvalue weighted by molar-refractivity contribution is 8.14. The SMILES string of the molecule is CC(=O)SC1CCN(C(c2ccccc2)(c2ccccc2)c2ccccc2)C/C1=C\Cn1cccn1. The first-order chi connectivity index (χ1) is 17.7. The van der Waals surface area contributed by atoms with Gasteiger partial charge in [-0.1, -0.05) is 109 Å². The maximum absolute atomic E-state index is 12.1. The molecule has 1 saturated heterocycles. The molecular formula is C31H31N3OS. The van der Waals surface area contributed by atoms with Crippen molar-refractivity contribution >= 4 is 16.9 Å². The Morgan fingerprint density at radius 3 is 1.94 bits per heavy atom. The lowest BCUT2D eigenvalue weighted by molar-refractivity contribution is -0.109. The van der Waals surface area contributed by atoms with Crippen LogP contribution >= 0.6 is 11.8 Å². The molecule has 1 atom stereocenters. The van der Waals surface area contributed by atoms with Gasteiger partial charge in [0.1, 0.15) is 0 Å². The fourth-order valence-corrected chi connectivity index (χ4v) is 6.33. The van der Waals surface area contributed by atoms with E-state index in [2.05, 4.69) is 107 Å². The summed E-state index contributed by atoms with van der Waals surface area (Å²) in [5.74, 6) is 0. The first-order valence-electron chi connectivity index (χ1n) is 12.4. The van der Waals surface area contributed by atoms with Gasteiger partial charge >= 0.3 is 0 Å². The zero-order valence-electron chi connectivity index (χ0n) is 20.5. The summed E-state index contributed by atoms with van der Waals surface area (Å²) in [5.41, 5.74) is 4.55. The van der Waals surface area contributed by atoms with Crippen molar-refractivity contribution in [2.24, 2.45) is 0 Å². The molecule has 182 valence electrons. The molecule has 5 rings (SSSR count). The van der Waals surface area contributed by atoms with Gasteiger partial charge in [-0.05, 0) is 34.8 Å². The van der Waals surface area contributed by atoms with Gasteiger partial charge in [0.2, 0.25) is 0 Å². The summed E-state index contributed by atoms with van der Waals surface area (Å²) in [6, 6.07) is 34.4. The summed E-state index contributed by atoms with van der Waals surface area (Å²) in [5, 5.41) is 4.72. The van der Waals surface area contributed by atoms with Crippen molar-refractivity contribution in [2.45, 2.75) is 30.7 Å². The van der Waals surface area contributed by atoms with Crippen LogP contribution in [0.3, 0.4) is 0 Å². The van der Waals surface area contributed by atoms with Crippen molar-refractivity contribution in [3.05, 3.63) is 138 Å². The molecule has 0 spiro atoms. The van der Waals surface area contributed by atoms with Gasteiger partial charge in [0, 0.05) is 37.7 Å². The van der Waals surface area contributed by atoms with Crippen LogP contribution in [-0.4, -0.2) is 38.1 Å². The molecule has 4 aromatic rings. The third-order valence-corrected chi connectivity index (χ3v) is 8.06. The molecule has 36 heavy (non-hydrogen) atoms. The van der Waals surface area contributed by atoms with E-state index in [1.54, 1.807) is 13.1 Å². The topological polar surface area (TPSA) is 38.1 Å². The zero-order valence-corrected chi connectivity index (χ0v) is 21.4. The molecule has 0 radical (unpaired) electrons. The molecule has 2 heterocycles. The highest BCUT2D eigenvalue weighted by Gasteiger charge is 2.44. The number of likely N-dealkylation sites (tertiary alicyclic amines) is 1. The van der Waals surface area contributed by atoms with E-state index in [4.69, 9.17) is 0 Å². The molecule has 0 bridgehead atoms. The van der Waals surface area contributed by atoms with Crippen LogP contribution in [-0.2, 0) is 16.9 Å². The Morgan fingerprint density at radius 2 is 1.47 bits per heavy atom. The average molecular weight is 494 g/mol. The Kier molecular flexibility index (Phi) is 7.49. The van der Waals surface area contributed by atoms with E-state index < -0.39 is 5.54 Å². The van der Waals surface area contributed by atoms with Crippen molar-refractivity contribution in [3.63, 3.8) is 0 Å². The predicted octanol–water partition coefficient (Wildman–Crippen LogP) is 6.16. The number of piperidine rings is 1. The molecular weight excluding hydrogens is 462 g/mol. The van der Waals surface area contributed by atoms with E-state index in [1.165, 1.54) is 34.0 Å². The number of benzene rings is 3. The molecule has 0 N–H and O–H groups in total. The fraction of sp³-hybridized carbons (Fsp3) is 0.226. The quantitative estimate of drug-likeness (QED) is 0.228. The lowest BCUT2D eigenvalue weighted by Crippen LogP contribution is -2.52. The Bertz CT molecular complexity index is 1190. The van der Waals surface area contributed by atoms with E-state index in [9.17, 15) is 4.79 Å². The zero-order chi connectivity index (χ0) is 24.8. The molecule has 5 heteroatoms. The maximum Gasteiger partial charge on any atom is 0.186 e. The second-order valence-corrected chi connectivity index (χ2v) is 10.5. The Balaban J connectivity index is 1.64. The number of thioether (sulfide) groups is 1. The second kappa shape index (κ2) is 11.1. The van der Waals surface area contributed by atoms with E-state index in [-0.39, 0.29) is 10.4 Å². The smallest absolute Gasteiger partial charge is 0.186 e. The van der Waals surface area contributed by atoms with Crippen LogP contribution in [0.5, 0.6) is 0 Å². The van der Waals surface area contributed by atoms with Crippen molar-refractivity contribution < 1.29 is 4.79 Å². The molecule has 1 fully saturated rings. The van der Waals surface area contributed by atoms with Crippen LogP contribution < -0.4 is 0 Å². The summed E-state index contributed by atoms with van der Waals surface area (Å²) in [7, 11) is 0. The monoisotopic (exact) mass is 493 g/mol. The normalized spacial score (nSPS) is 17.8. The molecule has 4 nitrogen and oxygen atoms in total. The summed E-state index contributed by atoms with van der Waals surface area (Å²) in [4.78, 5) is 14.7. The highest BCUT2D eigenvalue weighted by Crippen LogP contribution is 2.45. The Hall–Kier alpha value is -3.41. The van der Waals surface area contributed by atoms with Crippen LogP contribution in [0.4, 0.5) is 0 Å². The third-order valence-electron chi connectivity index (χ3n) is 6.91. The van der Waals surface area contributed by atoms with E-state index in [0.717, 1.165) is 19.5 Å². The maximum atomic E-state index is 12.1. The lowest BCUT2D eigenvalue weighted by Gasteiger charge is -2.49. The Labute approximate surface area is 217 Å². The number of carbonyl (C=O) groups is 1. The van der Waals surface area contributed by atoms with Gasteiger partial charge in [0.15, 0.2) is 5.12 Å². The molecule has 1 unspecified atom stereocenters. The minimum Gasteiger partial charge on any atom is -0.288 e. The first kappa shape index (κ1) is 24.3. The third kappa shape index (κ3) is 4.95. The predicted molar refractivity (Wildman–Crippen MR) is 148 cm³/mol. The summed E-state index contributed by atoms with van der Waals surface area (Å²) < 4.78 is 1.93. The van der Waals surface area contributed by atoms with Crippen LogP contribution in [0.15, 0.2) is 121 Å². The van der Waals surface area contributed by atoms with E-state index in [1.807, 2.05) is 16.9 Å². The van der Waals surface area contributed by atoms with Gasteiger partial charge < -0.3 is 0 Å². The van der Waals surface area contributed by atoms with Crippen LogP contribution in [0.2, 0.25) is 0 Å². The number of nitrogens with zero attached hydrogens (tertiary/aromatic N) is 3. The average Bonchev–Trinajstić information content (AvgIpc) is 3.44. The number of hydrogen-bond donors (Lipinski definition) is 0. The summed E-state index contributed by atoms with van der Waals surface area (Å²) in [6.07, 6.45) is 6.96. The standard InChI is InChI=1S/C31H31N3OS/c1-25(35)36-30-19-22-33(24-26(30)18-23-34-21-11-20-32-34)31(27-12-5-2-6-13-27,28-14-7-3-8-15-28)29-16-9-4-10-17-29/h2-18,20-21,30H,19,22-24H2,1H3/b26-18+. The first-order valence-corrected chi connectivity index (χ1v) is 13.3. The van der Waals surface area contributed by atoms with E-state index >= 15 is 0 Å². The summed E-state index contributed by atoms with van der Waals surface area (Å²) in [6.45, 7) is 4.01. The molecule has 3 aromatic carbocycles. The molecule has 0 amide bonds. The van der Waals surface area contributed by atoms with Crippen LogP contribution in [0, 0.1) is 0 Å². The van der Waals surface area contributed by atoms with Gasteiger partial charge in [-0.3, -0.25) is 14.4 Å². The fourth-order valence-electron chi connectivity index (χ4n) is 5.38. The molecule has 1 aliphatic rings. The van der Waals surface area contributed by atoms with Crippen molar-refractivity contribution in [1.82, 2.24) is 14.7 Å². The van der Waals surface area contributed by atoms with Crippen molar-refractivity contribution in [3.8, 4) is 0 Å². The molecule has 0 aliphatic carbocycles. The van der Waals surface area contributed by atoms with Crippen molar-refractivity contribution in [2.75, 3.05) is 13.1 Å². The van der Waals surface area contributed by atoms with Gasteiger partial charge in [0.05, 0.1) is 12.1 Å². The number of rotatable bonds is 7. The number of allylic oxidation sites excluding steroid dienone is 1. The van der Waals surface area contributed by atoms with Crippen molar-refractivity contribution in [1.29, 1.82) is 0 Å². The molecule has 1 aliphatic heterocycles. The van der Waals surface area contributed by atoms with Gasteiger partial charge in [-0.25, -0.2) is 0 Å². The molecule has 1 aromatic heterocycles. The largest absolute Gasteiger partial charge is 0.288 e. The Morgan fingerprint density at radius 1 is 0.917 bits per heavy atom.